The normalized spacial score (nSPS) is 8.10. The van der Waals surface area contributed by atoms with Crippen molar-refractivity contribution in [2.45, 2.75) is 7.43 Å². The van der Waals surface area contributed by atoms with Gasteiger partial charge in [-0.1, -0.05) is 37.8 Å². The minimum absolute atomic E-state index is 0. The summed E-state index contributed by atoms with van der Waals surface area (Å²) in [5.74, 6) is 0. The molecule has 0 atom stereocenters. The number of carbonyl (C=O) groups excluding carboxylic acids is 1. The topological polar surface area (TPSA) is 17.1 Å². The van der Waals surface area contributed by atoms with Crippen molar-refractivity contribution in [3.8, 4) is 0 Å². The Morgan fingerprint density at radius 1 is 1.20 bits per heavy atom. The molecule has 1 rings (SSSR count). The fourth-order valence-corrected chi connectivity index (χ4v) is 0.730. The van der Waals surface area contributed by atoms with E-state index in [9.17, 15) is 4.79 Å². The van der Waals surface area contributed by atoms with E-state index in [1.54, 1.807) is 12.1 Å². The zero-order valence-electron chi connectivity index (χ0n) is 4.74. The smallest absolute Gasteiger partial charge is 0.216 e. The Kier molecular flexibility index (Phi) is 3.81. The first-order chi connectivity index (χ1) is 4.30. The van der Waals surface area contributed by atoms with Crippen LogP contribution in [0.4, 0.5) is 0 Å². The van der Waals surface area contributed by atoms with Crippen LogP contribution in [0.1, 0.15) is 17.8 Å². The average molecular weight is 154 g/mol. The molecule has 0 amide bonds. The molecule has 0 bridgehead atoms. The van der Waals surface area contributed by atoms with Gasteiger partial charge in [-0.05, 0) is 0 Å². The van der Waals surface area contributed by atoms with Crippen molar-refractivity contribution in [3.05, 3.63) is 35.9 Å². The summed E-state index contributed by atoms with van der Waals surface area (Å²) in [6.07, 6.45) is 0. The zero-order chi connectivity index (χ0) is 6.69. The predicted molar refractivity (Wildman–Crippen MR) is 46.5 cm³/mol. The molecule has 0 aliphatic carbocycles. The molecule has 0 spiro atoms. The molecule has 10 heavy (non-hydrogen) atoms. The van der Waals surface area contributed by atoms with E-state index in [-0.39, 0.29) is 12.5 Å². The summed E-state index contributed by atoms with van der Waals surface area (Å²) >= 11 is 3.65. The van der Waals surface area contributed by atoms with Crippen LogP contribution in [0.2, 0.25) is 0 Å². The maximum Gasteiger partial charge on any atom is 0.216 e. The van der Waals surface area contributed by atoms with Crippen molar-refractivity contribution in [1.29, 1.82) is 0 Å². The van der Waals surface area contributed by atoms with Gasteiger partial charge >= 0.3 is 0 Å². The fraction of sp³-hybridized carbons (Fsp3) is 0.125. The van der Waals surface area contributed by atoms with Gasteiger partial charge in [0.05, 0.1) is 0 Å². The highest BCUT2D eigenvalue weighted by Gasteiger charge is 1.94. The minimum Gasteiger partial charge on any atom is -0.282 e. The third-order valence-electron chi connectivity index (χ3n) is 1.02. The number of hydrogen-bond donors (Lipinski definition) is 1. The van der Waals surface area contributed by atoms with Crippen LogP contribution in [0.3, 0.4) is 0 Å². The van der Waals surface area contributed by atoms with E-state index < -0.39 is 0 Å². The summed E-state index contributed by atoms with van der Waals surface area (Å²) in [6.45, 7) is 0. The first kappa shape index (κ1) is 9.24. The van der Waals surface area contributed by atoms with Crippen molar-refractivity contribution in [2.75, 3.05) is 0 Å². The second kappa shape index (κ2) is 4.12. The molecule has 0 aliphatic heterocycles. The van der Waals surface area contributed by atoms with E-state index in [4.69, 9.17) is 0 Å². The molecule has 0 saturated heterocycles. The van der Waals surface area contributed by atoms with Gasteiger partial charge in [0, 0.05) is 5.56 Å². The molecule has 1 nitrogen and oxygen atoms in total. The molecule has 0 N–H and O–H groups in total. The molecular weight excluding hydrogens is 144 g/mol. The highest BCUT2D eigenvalue weighted by molar-refractivity contribution is 7.97. The Morgan fingerprint density at radius 3 is 2.00 bits per heavy atom. The van der Waals surface area contributed by atoms with Crippen LogP contribution in [0.25, 0.3) is 0 Å². The van der Waals surface area contributed by atoms with Crippen LogP contribution in [-0.4, -0.2) is 5.12 Å². The fourth-order valence-electron chi connectivity index (χ4n) is 0.581. The molecule has 0 aromatic heterocycles. The van der Waals surface area contributed by atoms with Crippen LogP contribution in [0.15, 0.2) is 30.3 Å². The van der Waals surface area contributed by atoms with Crippen LogP contribution in [0.5, 0.6) is 0 Å². The van der Waals surface area contributed by atoms with Crippen LogP contribution >= 0.6 is 12.6 Å². The molecule has 2 heteroatoms. The number of hydrogen-bond acceptors (Lipinski definition) is 1. The Labute approximate surface area is 66.5 Å². The average Bonchev–Trinajstić information content (AvgIpc) is 1.90. The van der Waals surface area contributed by atoms with Gasteiger partial charge in [0.15, 0.2) is 0 Å². The second-order valence-electron chi connectivity index (χ2n) is 1.67. The lowest BCUT2D eigenvalue weighted by Crippen LogP contribution is -1.84. The van der Waals surface area contributed by atoms with E-state index >= 15 is 0 Å². The summed E-state index contributed by atoms with van der Waals surface area (Å²) in [5.41, 5.74) is 0.640. The minimum atomic E-state index is -0.185. The summed E-state index contributed by atoms with van der Waals surface area (Å²) in [4.78, 5) is 10.5. The van der Waals surface area contributed by atoms with Gasteiger partial charge in [0.2, 0.25) is 5.12 Å². The van der Waals surface area contributed by atoms with E-state index in [1.165, 1.54) is 0 Å². The lowest BCUT2D eigenvalue weighted by Gasteiger charge is -1.88. The van der Waals surface area contributed by atoms with Crippen molar-refractivity contribution in [3.63, 3.8) is 0 Å². The Bertz CT molecular complexity index is 206. The molecular formula is C8H10OS. The van der Waals surface area contributed by atoms with E-state index in [0.717, 1.165) is 0 Å². The van der Waals surface area contributed by atoms with Gasteiger partial charge in [-0.15, -0.1) is 12.6 Å². The Balaban J connectivity index is 0.000000810. The molecule has 0 aliphatic rings. The highest BCUT2D eigenvalue weighted by atomic mass is 32.1. The van der Waals surface area contributed by atoms with Gasteiger partial charge in [-0.3, -0.25) is 4.79 Å². The van der Waals surface area contributed by atoms with Crippen molar-refractivity contribution in [2.24, 2.45) is 0 Å². The summed E-state index contributed by atoms with van der Waals surface area (Å²) in [5, 5.41) is -0.185. The van der Waals surface area contributed by atoms with E-state index in [1.807, 2.05) is 18.2 Å². The molecule has 0 heterocycles. The van der Waals surface area contributed by atoms with Crippen molar-refractivity contribution < 1.29 is 4.79 Å². The standard InChI is InChI=1S/C7H6OS.CH4/c8-7(9)6-4-2-1-3-5-6;/h1-5H,(H,8,9);1H4. The first-order valence-corrected chi connectivity index (χ1v) is 3.04. The maximum absolute atomic E-state index is 10.5. The van der Waals surface area contributed by atoms with Crippen LogP contribution < -0.4 is 0 Å². The van der Waals surface area contributed by atoms with Crippen LogP contribution in [0, 0.1) is 0 Å². The number of thiol groups is 1. The third kappa shape index (κ3) is 2.23. The number of rotatable bonds is 1. The van der Waals surface area contributed by atoms with Gasteiger partial charge in [0.25, 0.3) is 0 Å². The SMILES string of the molecule is C.O=C(S)c1ccccc1. The van der Waals surface area contributed by atoms with E-state index in [2.05, 4.69) is 12.6 Å². The summed E-state index contributed by atoms with van der Waals surface area (Å²) in [7, 11) is 0. The van der Waals surface area contributed by atoms with Gasteiger partial charge in [-0.25, -0.2) is 0 Å². The monoisotopic (exact) mass is 154 g/mol. The highest BCUT2D eigenvalue weighted by Crippen LogP contribution is 2.00. The molecule has 1 aromatic carbocycles. The number of carbonyl (C=O) groups is 1. The largest absolute Gasteiger partial charge is 0.282 e. The first-order valence-electron chi connectivity index (χ1n) is 2.59. The molecule has 1 aromatic rings. The Morgan fingerprint density at radius 2 is 1.70 bits per heavy atom. The van der Waals surface area contributed by atoms with Gasteiger partial charge in [0.1, 0.15) is 0 Å². The van der Waals surface area contributed by atoms with Crippen LogP contribution in [-0.2, 0) is 0 Å². The van der Waals surface area contributed by atoms with E-state index in [0.29, 0.717) is 5.56 Å². The summed E-state index contributed by atoms with van der Waals surface area (Å²) in [6, 6.07) is 8.94. The Hall–Kier alpha value is -0.760. The molecule has 54 valence electrons. The van der Waals surface area contributed by atoms with Crippen molar-refractivity contribution in [1.82, 2.24) is 0 Å². The lowest BCUT2D eigenvalue weighted by molar-refractivity contribution is 0.109. The third-order valence-corrected chi connectivity index (χ3v) is 1.28. The predicted octanol–water partition coefficient (Wildman–Crippen LogP) is 2.39. The van der Waals surface area contributed by atoms with Crippen molar-refractivity contribution >= 4 is 17.7 Å². The molecule has 0 unspecified atom stereocenters. The lowest BCUT2D eigenvalue weighted by atomic mass is 10.2. The molecule has 0 fully saturated rings. The molecule has 0 saturated carbocycles. The quantitative estimate of drug-likeness (QED) is 0.615. The number of benzene rings is 1. The maximum atomic E-state index is 10.5. The second-order valence-corrected chi connectivity index (χ2v) is 2.08. The molecule has 0 radical (unpaired) electrons. The zero-order valence-corrected chi connectivity index (χ0v) is 5.64. The van der Waals surface area contributed by atoms with Gasteiger partial charge in [-0.2, -0.15) is 0 Å². The summed E-state index contributed by atoms with van der Waals surface area (Å²) < 4.78 is 0. The van der Waals surface area contributed by atoms with Gasteiger partial charge < -0.3 is 0 Å².